The van der Waals surface area contributed by atoms with Crippen LogP contribution >= 0.6 is 0 Å². The van der Waals surface area contributed by atoms with Crippen LogP contribution in [0.4, 0.5) is 11.8 Å². The lowest BCUT2D eigenvalue weighted by molar-refractivity contribution is 0.300. The van der Waals surface area contributed by atoms with E-state index in [2.05, 4.69) is 34.3 Å². The van der Waals surface area contributed by atoms with E-state index in [9.17, 15) is 0 Å². The minimum absolute atomic E-state index is 0.751. The number of rotatable bonds is 4. The molecular formula is C18H26N4. The molecule has 22 heavy (non-hydrogen) atoms. The van der Waals surface area contributed by atoms with Crippen molar-refractivity contribution in [2.24, 2.45) is 11.8 Å². The molecule has 1 saturated carbocycles. The quantitative estimate of drug-likeness (QED) is 0.928. The molecule has 0 spiro atoms. The number of nitrogens with zero attached hydrogens (tertiary/aromatic N) is 3. The Kier molecular flexibility index (Phi) is 4.46. The molecule has 1 aromatic heterocycles. The van der Waals surface area contributed by atoms with Crippen molar-refractivity contribution >= 4 is 22.7 Å². The van der Waals surface area contributed by atoms with E-state index in [0.29, 0.717) is 0 Å². The van der Waals surface area contributed by atoms with Crippen molar-refractivity contribution in [2.45, 2.75) is 32.6 Å². The monoisotopic (exact) mass is 298 g/mol. The van der Waals surface area contributed by atoms with Gasteiger partial charge in [0.1, 0.15) is 5.82 Å². The fraction of sp³-hybridized carbons (Fsp3) is 0.556. The molecule has 118 valence electrons. The maximum absolute atomic E-state index is 4.70. The minimum atomic E-state index is 0.751. The van der Waals surface area contributed by atoms with Gasteiger partial charge < -0.3 is 10.2 Å². The fourth-order valence-corrected chi connectivity index (χ4v) is 3.25. The molecule has 0 unspecified atom stereocenters. The molecule has 1 aliphatic carbocycles. The van der Waals surface area contributed by atoms with Crippen molar-refractivity contribution in [3.63, 3.8) is 0 Å². The normalized spacial score (nSPS) is 21.8. The molecule has 0 saturated heterocycles. The predicted molar refractivity (Wildman–Crippen MR) is 93.5 cm³/mol. The first-order valence-corrected chi connectivity index (χ1v) is 8.31. The van der Waals surface area contributed by atoms with Gasteiger partial charge in [0.25, 0.3) is 0 Å². The second-order valence-electron chi connectivity index (χ2n) is 6.79. The molecule has 0 radical (unpaired) electrons. The Balaban J connectivity index is 1.76. The Morgan fingerprint density at radius 1 is 1.09 bits per heavy atom. The Hall–Kier alpha value is -1.84. The minimum Gasteiger partial charge on any atom is -0.362 e. The number of hydrogen-bond donors (Lipinski definition) is 1. The second-order valence-corrected chi connectivity index (χ2v) is 6.79. The van der Waals surface area contributed by atoms with E-state index < -0.39 is 0 Å². The first-order chi connectivity index (χ1) is 10.6. The Morgan fingerprint density at radius 2 is 1.82 bits per heavy atom. The number of nitrogens with one attached hydrogen (secondary N) is 1. The molecule has 2 aromatic rings. The number of anilines is 2. The Bertz CT molecular complexity index is 630. The van der Waals surface area contributed by atoms with Crippen molar-refractivity contribution in [3.8, 4) is 0 Å². The van der Waals surface area contributed by atoms with Gasteiger partial charge in [0.2, 0.25) is 5.95 Å². The van der Waals surface area contributed by atoms with Crippen molar-refractivity contribution in [1.82, 2.24) is 9.97 Å². The van der Waals surface area contributed by atoms with E-state index in [1.54, 1.807) is 0 Å². The molecule has 1 N–H and O–H groups in total. The van der Waals surface area contributed by atoms with Crippen LogP contribution in [0.15, 0.2) is 24.3 Å². The van der Waals surface area contributed by atoms with Crippen LogP contribution in [-0.2, 0) is 0 Å². The van der Waals surface area contributed by atoms with Crippen LogP contribution in [0.3, 0.4) is 0 Å². The second kappa shape index (κ2) is 6.51. The standard InChI is InChI=1S/C18H26N4/c1-13-8-10-14(11-9-13)12-19-18-20-16-7-5-4-6-15(16)17(21-18)22(2)3/h4-7,13-14H,8-12H2,1-3H3,(H,19,20,21)/t13-,14-. The van der Waals surface area contributed by atoms with E-state index in [-0.39, 0.29) is 0 Å². The molecule has 4 nitrogen and oxygen atoms in total. The number of hydrogen-bond acceptors (Lipinski definition) is 4. The van der Waals surface area contributed by atoms with Gasteiger partial charge in [-0.15, -0.1) is 0 Å². The smallest absolute Gasteiger partial charge is 0.225 e. The summed E-state index contributed by atoms with van der Waals surface area (Å²) < 4.78 is 0. The number of fused-ring (bicyclic) bond motifs is 1. The third kappa shape index (κ3) is 3.32. The van der Waals surface area contributed by atoms with E-state index in [1.807, 2.05) is 26.2 Å². The predicted octanol–water partition coefficient (Wildman–Crippen LogP) is 3.93. The fourth-order valence-electron chi connectivity index (χ4n) is 3.25. The summed E-state index contributed by atoms with van der Waals surface area (Å²) in [5.74, 6) is 3.38. The molecule has 1 fully saturated rings. The topological polar surface area (TPSA) is 41.1 Å². The van der Waals surface area contributed by atoms with Crippen molar-refractivity contribution in [2.75, 3.05) is 30.9 Å². The van der Waals surface area contributed by atoms with Gasteiger partial charge in [-0.2, -0.15) is 4.98 Å². The zero-order valence-corrected chi connectivity index (χ0v) is 13.8. The van der Waals surface area contributed by atoms with Gasteiger partial charge in [0, 0.05) is 26.0 Å². The lowest BCUT2D eigenvalue weighted by Crippen LogP contribution is -2.21. The van der Waals surface area contributed by atoms with E-state index >= 15 is 0 Å². The van der Waals surface area contributed by atoms with Crippen LogP contribution in [0.5, 0.6) is 0 Å². The maximum Gasteiger partial charge on any atom is 0.225 e. The summed E-state index contributed by atoms with van der Waals surface area (Å²) in [6, 6.07) is 8.20. The zero-order chi connectivity index (χ0) is 15.5. The summed E-state index contributed by atoms with van der Waals surface area (Å²) in [6.07, 6.45) is 5.35. The van der Waals surface area contributed by atoms with Gasteiger partial charge in [-0.3, -0.25) is 0 Å². The summed E-state index contributed by atoms with van der Waals surface area (Å²) in [5.41, 5.74) is 1.00. The van der Waals surface area contributed by atoms with E-state index in [4.69, 9.17) is 4.98 Å². The van der Waals surface area contributed by atoms with Gasteiger partial charge in [-0.05, 0) is 36.8 Å². The Labute approximate surface area is 133 Å². The average Bonchev–Trinajstić information content (AvgIpc) is 2.53. The van der Waals surface area contributed by atoms with Gasteiger partial charge in [0.05, 0.1) is 5.52 Å². The van der Waals surface area contributed by atoms with Crippen molar-refractivity contribution < 1.29 is 0 Å². The zero-order valence-electron chi connectivity index (χ0n) is 13.8. The molecule has 1 aliphatic rings. The van der Waals surface area contributed by atoms with Crippen LogP contribution in [0.2, 0.25) is 0 Å². The molecule has 0 atom stereocenters. The van der Waals surface area contributed by atoms with Gasteiger partial charge in [0.15, 0.2) is 0 Å². The lowest BCUT2D eigenvalue weighted by Gasteiger charge is -2.26. The Morgan fingerprint density at radius 3 is 2.55 bits per heavy atom. The highest BCUT2D eigenvalue weighted by atomic mass is 15.2. The summed E-state index contributed by atoms with van der Waals surface area (Å²) in [4.78, 5) is 11.4. The van der Waals surface area contributed by atoms with Gasteiger partial charge in [-0.25, -0.2) is 4.98 Å². The largest absolute Gasteiger partial charge is 0.362 e. The summed E-state index contributed by atoms with van der Waals surface area (Å²) in [6.45, 7) is 3.34. The molecule has 3 rings (SSSR count). The first kappa shape index (κ1) is 15.1. The number of para-hydroxylation sites is 1. The first-order valence-electron chi connectivity index (χ1n) is 8.31. The highest BCUT2D eigenvalue weighted by Crippen LogP contribution is 2.29. The molecule has 1 aromatic carbocycles. The number of aromatic nitrogens is 2. The van der Waals surface area contributed by atoms with Gasteiger partial charge in [-0.1, -0.05) is 31.9 Å². The van der Waals surface area contributed by atoms with Crippen LogP contribution in [0.25, 0.3) is 10.9 Å². The lowest BCUT2D eigenvalue weighted by atomic mass is 9.83. The van der Waals surface area contributed by atoms with Crippen LogP contribution in [0, 0.1) is 11.8 Å². The molecular weight excluding hydrogens is 272 g/mol. The van der Waals surface area contributed by atoms with Crippen molar-refractivity contribution in [3.05, 3.63) is 24.3 Å². The third-order valence-corrected chi connectivity index (χ3v) is 4.69. The molecule has 1 heterocycles. The number of benzene rings is 1. The average molecular weight is 298 g/mol. The van der Waals surface area contributed by atoms with E-state index in [0.717, 1.165) is 41.0 Å². The summed E-state index contributed by atoms with van der Waals surface area (Å²) >= 11 is 0. The summed E-state index contributed by atoms with van der Waals surface area (Å²) in [7, 11) is 4.06. The van der Waals surface area contributed by atoms with Crippen LogP contribution in [-0.4, -0.2) is 30.6 Å². The SMILES string of the molecule is CN(C)c1nc(NC[C@H]2CC[C@H](C)CC2)nc2ccccc12. The molecule has 0 aliphatic heterocycles. The van der Waals surface area contributed by atoms with Crippen LogP contribution < -0.4 is 10.2 Å². The molecule has 0 amide bonds. The highest BCUT2D eigenvalue weighted by molar-refractivity contribution is 5.90. The molecule has 4 heteroatoms. The summed E-state index contributed by atoms with van der Waals surface area (Å²) in [5, 5.41) is 4.57. The molecule has 0 bridgehead atoms. The van der Waals surface area contributed by atoms with Crippen molar-refractivity contribution in [1.29, 1.82) is 0 Å². The van der Waals surface area contributed by atoms with Crippen LogP contribution in [0.1, 0.15) is 32.6 Å². The maximum atomic E-state index is 4.70. The third-order valence-electron chi connectivity index (χ3n) is 4.69. The van der Waals surface area contributed by atoms with Gasteiger partial charge >= 0.3 is 0 Å². The van der Waals surface area contributed by atoms with E-state index in [1.165, 1.54) is 25.7 Å². The highest BCUT2D eigenvalue weighted by Gasteiger charge is 2.18.